The number of pyridine rings is 1. The third-order valence-electron chi connectivity index (χ3n) is 6.26. The van der Waals surface area contributed by atoms with E-state index in [1.54, 1.807) is 0 Å². The fourth-order valence-electron chi connectivity index (χ4n) is 4.97. The summed E-state index contributed by atoms with van der Waals surface area (Å²) < 4.78 is 0. The number of hydrogen-bond acceptors (Lipinski definition) is 3. The lowest BCUT2D eigenvalue weighted by atomic mass is 9.89. The topological polar surface area (TPSA) is 34.5 Å². The van der Waals surface area contributed by atoms with Gasteiger partial charge in [0.15, 0.2) is 0 Å². The van der Waals surface area contributed by atoms with Gasteiger partial charge in [0.25, 0.3) is 0 Å². The highest BCUT2D eigenvalue weighted by Crippen LogP contribution is 2.46. The maximum absolute atomic E-state index is 6.02. The molecule has 2 heterocycles. The van der Waals surface area contributed by atoms with Crippen LogP contribution in [0.1, 0.15) is 30.0 Å². The Morgan fingerprint density at radius 2 is 1.36 bits per heavy atom. The van der Waals surface area contributed by atoms with Crippen LogP contribution in [0.15, 0.2) is 84.0 Å². The van der Waals surface area contributed by atoms with Gasteiger partial charge in [-0.3, -0.25) is 4.98 Å². The van der Waals surface area contributed by atoms with Gasteiger partial charge in [0, 0.05) is 22.6 Å². The summed E-state index contributed by atoms with van der Waals surface area (Å²) in [5, 5.41) is 8.22. The molecule has 0 spiro atoms. The first-order chi connectivity index (χ1) is 13.9. The van der Waals surface area contributed by atoms with Crippen molar-refractivity contribution in [3.63, 3.8) is 0 Å². The lowest BCUT2D eigenvalue weighted by Gasteiger charge is -2.19. The minimum atomic E-state index is 0.0762. The van der Waals surface area contributed by atoms with Gasteiger partial charge in [0.05, 0.1) is 16.9 Å². The number of oxime groups is 1. The van der Waals surface area contributed by atoms with Crippen molar-refractivity contribution in [1.29, 1.82) is 0 Å². The van der Waals surface area contributed by atoms with E-state index in [2.05, 4.69) is 78.0 Å². The summed E-state index contributed by atoms with van der Waals surface area (Å²) in [5.74, 6) is 0.615. The molecule has 4 aromatic rings. The van der Waals surface area contributed by atoms with Crippen LogP contribution in [0.5, 0.6) is 0 Å². The van der Waals surface area contributed by atoms with Crippen molar-refractivity contribution >= 4 is 27.4 Å². The van der Waals surface area contributed by atoms with Crippen molar-refractivity contribution in [3.05, 3.63) is 90.1 Å². The summed E-state index contributed by atoms with van der Waals surface area (Å²) in [5.41, 5.74) is 4.48. The largest absolute Gasteiger partial charge is 0.391 e. The van der Waals surface area contributed by atoms with Crippen LogP contribution in [-0.2, 0) is 4.84 Å². The highest BCUT2D eigenvalue weighted by atomic mass is 16.6. The molecule has 0 bridgehead atoms. The van der Waals surface area contributed by atoms with E-state index < -0.39 is 0 Å². The fraction of sp³-hybridized carbons (Fsp3) is 0.200. The van der Waals surface area contributed by atoms with E-state index in [1.165, 1.54) is 21.7 Å². The molecule has 3 nitrogen and oxygen atoms in total. The standard InChI is InChI=1S/C25H20N2O/c1-2-8-16(9-3-1)23-20-14-15-21(25(20)28-27-23)24-19-12-5-4-10-17(19)18-11-6-7-13-22(18)26-24/h1-13,20-21,25H,14-15H2/t20-,21-,25+/m0/s1. The molecular weight excluding hydrogens is 344 g/mol. The highest BCUT2D eigenvalue weighted by molar-refractivity contribution is 6.07. The zero-order valence-corrected chi connectivity index (χ0v) is 15.5. The zero-order valence-electron chi connectivity index (χ0n) is 15.5. The normalized spacial score (nSPS) is 23.6. The Bertz CT molecular complexity index is 1220. The maximum atomic E-state index is 6.02. The minimum absolute atomic E-state index is 0.0762. The molecule has 0 N–H and O–H groups in total. The minimum Gasteiger partial charge on any atom is -0.391 e. The van der Waals surface area contributed by atoms with E-state index in [-0.39, 0.29) is 12.0 Å². The third-order valence-corrected chi connectivity index (χ3v) is 6.26. The van der Waals surface area contributed by atoms with Gasteiger partial charge < -0.3 is 4.84 Å². The van der Waals surface area contributed by atoms with Gasteiger partial charge >= 0.3 is 0 Å². The Labute approximate surface area is 163 Å². The molecule has 1 aliphatic heterocycles. The van der Waals surface area contributed by atoms with E-state index in [9.17, 15) is 0 Å². The molecule has 3 heteroatoms. The van der Waals surface area contributed by atoms with E-state index in [0.29, 0.717) is 5.92 Å². The van der Waals surface area contributed by atoms with Gasteiger partial charge in [-0.2, -0.15) is 0 Å². The Morgan fingerprint density at radius 1 is 0.679 bits per heavy atom. The molecular formula is C25H20N2O. The van der Waals surface area contributed by atoms with Gasteiger partial charge in [0.2, 0.25) is 0 Å². The first-order valence-corrected chi connectivity index (χ1v) is 9.96. The van der Waals surface area contributed by atoms with Gasteiger partial charge in [-0.15, -0.1) is 0 Å². The molecule has 6 rings (SSSR count). The van der Waals surface area contributed by atoms with Gasteiger partial charge in [-0.25, -0.2) is 0 Å². The second-order valence-corrected chi connectivity index (χ2v) is 7.76. The van der Waals surface area contributed by atoms with Crippen molar-refractivity contribution in [1.82, 2.24) is 4.98 Å². The summed E-state index contributed by atoms with van der Waals surface area (Å²) in [4.78, 5) is 11.1. The number of nitrogens with zero attached hydrogens (tertiary/aromatic N) is 2. The van der Waals surface area contributed by atoms with Crippen LogP contribution < -0.4 is 0 Å². The second-order valence-electron chi connectivity index (χ2n) is 7.76. The average molecular weight is 364 g/mol. The predicted molar refractivity (Wildman–Crippen MR) is 113 cm³/mol. The molecule has 1 aliphatic carbocycles. The molecule has 3 atom stereocenters. The van der Waals surface area contributed by atoms with Gasteiger partial charge in [0.1, 0.15) is 6.10 Å². The number of fused-ring (bicyclic) bond motifs is 4. The van der Waals surface area contributed by atoms with Crippen LogP contribution in [-0.4, -0.2) is 16.8 Å². The van der Waals surface area contributed by atoms with E-state index in [1.807, 2.05) is 6.07 Å². The Kier molecular flexibility index (Phi) is 3.48. The zero-order chi connectivity index (χ0) is 18.5. The van der Waals surface area contributed by atoms with Gasteiger partial charge in [-0.1, -0.05) is 78.0 Å². The molecule has 0 saturated heterocycles. The molecule has 28 heavy (non-hydrogen) atoms. The molecule has 1 aromatic heterocycles. The number of rotatable bonds is 2. The van der Waals surface area contributed by atoms with Crippen LogP contribution in [0.2, 0.25) is 0 Å². The lowest BCUT2D eigenvalue weighted by molar-refractivity contribution is 0.0612. The molecule has 0 radical (unpaired) electrons. The molecule has 0 amide bonds. The van der Waals surface area contributed by atoms with Crippen LogP contribution in [0, 0.1) is 5.92 Å². The van der Waals surface area contributed by atoms with Crippen LogP contribution in [0.4, 0.5) is 0 Å². The second kappa shape index (κ2) is 6.16. The first-order valence-electron chi connectivity index (χ1n) is 9.96. The molecule has 1 saturated carbocycles. The molecule has 1 fully saturated rings. The number of hydrogen-bond donors (Lipinski definition) is 0. The average Bonchev–Trinajstić information content (AvgIpc) is 3.36. The Balaban J connectivity index is 1.45. The van der Waals surface area contributed by atoms with Crippen molar-refractivity contribution in [2.45, 2.75) is 24.9 Å². The summed E-state index contributed by atoms with van der Waals surface area (Å²) in [7, 11) is 0. The summed E-state index contributed by atoms with van der Waals surface area (Å²) in [6, 6.07) is 27.5. The van der Waals surface area contributed by atoms with Crippen LogP contribution in [0.3, 0.4) is 0 Å². The van der Waals surface area contributed by atoms with E-state index in [0.717, 1.165) is 29.8 Å². The van der Waals surface area contributed by atoms with E-state index >= 15 is 0 Å². The first kappa shape index (κ1) is 15.8. The summed E-state index contributed by atoms with van der Waals surface area (Å²) in [6.07, 6.45) is 2.25. The lowest BCUT2D eigenvalue weighted by Crippen LogP contribution is -2.23. The van der Waals surface area contributed by atoms with Crippen LogP contribution in [0.25, 0.3) is 21.7 Å². The molecule has 3 aromatic carbocycles. The van der Waals surface area contributed by atoms with Gasteiger partial charge in [-0.05, 0) is 29.9 Å². The van der Waals surface area contributed by atoms with E-state index in [4.69, 9.17) is 9.82 Å². The summed E-state index contributed by atoms with van der Waals surface area (Å²) >= 11 is 0. The Hall–Kier alpha value is -3.20. The molecule has 2 aliphatic rings. The maximum Gasteiger partial charge on any atom is 0.144 e. The fourth-order valence-corrected chi connectivity index (χ4v) is 4.97. The number of aromatic nitrogens is 1. The van der Waals surface area contributed by atoms with Crippen molar-refractivity contribution < 1.29 is 4.84 Å². The molecule has 136 valence electrons. The Morgan fingerprint density at radius 3 is 2.21 bits per heavy atom. The van der Waals surface area contributed by atoms with Crippen molar-refractivity contribution in [3.8, 4) is 0 Å². The molecule has 0 unspecified atom stereocenters. The van der Waals surface area contributed by atoms with Crippen molar-refractivity contribution in [2.24, 2.45) is 11.1 Å². The predicted octanol–water partition coefficient (Wildman–Crippen LogP) is 5.68. The number of para-hydroxylation sites is 1. The quantitative estimate of drug-likeness (QED) is 0.429. The summed E-state index contributed by atoms with van der Waals surface area (Å²) in [6.45, 7) is 0. The number of benzene rings is 3. The monoisotopic (exact) mass is 364 g/mol. The van der Waals surface area contributed by atoms with Crippen molar-refractivity contribution in [2.75, 3.05) is 0 Å². The third kappa shape index (κ3) is 2.29. The van der Waals surface area contributed by atoms with Crippen LogP contribution >= 0.6 is 0 Å². The highest BCUT2D eigenvalue weighted by Gasteiger charge is 2.46. The smallest absolute Gasteiger partial charge is 0.144 e. The SMILES string of the molecule is c1ccc(C2=NO[C@@H]3[C@H]2CC[C@H]3c2nc3ccccc3c3ccccc23)cc1.